The zero-order valence-corrected chi connectivity index (χ0v) is 17.3. The van der Waals surface area contributed by atoms with Crippen LogP contribution in [-0.2, 0) is 19.3 Å². The zero-order valence-electron chi connectivity index (χ0n) is 17.3. The molecule has 0 unspecified atom stereocenters. The van der Waals surface area contributed by atoms with Gasteiger partial charge in [-0.15, -0.1) is 0 Å². The van der Waals surface area contributed by atoms with E-state index in [4.69, 9.17) is 0 Å². The molecule has 170 valence electrons. The number of pyridine rings is 3. The molecule has 3 aromatic rings. The van der Waals surface area contributed by atoms with Crippen LogP contribution < -0.4 is 10.9 Å². The van der Waals surface area contributed by atoms with Gasteiger partial charge in [0.1, 0.15) is 11.4 Å². The molecule has 0 aromatic carbocycles. The Kier molecular flexibility index (Phi) is 6.43. The van der Waals surface area contributed by atoms with E-state index in [0.29, 0.717) is 36.2 Å². The van der Waals surface area contributed by atoms with Crippen LogP contribution in [0.5, 0.6) is 5.75 Å². The van der Waals surface area contributed by atoms with Crippen molar-refractivity contribution < 1.29 is 18.3 Å². The Balaban J connectivity index is 1.27. The first-order valence-corrected chi connectivity index (χ1v) is 10.5. The van der Waals surface area contributed by atoms with Gasteiger partial charge in [0.2, 0.25) is 0 Å². The van der Waals surface area contributed by atoms with Crippen molar-refractivity contribution in [2.24, 2.45) is 0 Å². The molecular formula is C22H24F3N5O2. The number of hydrogen-bond acceptors (Lipinski definition) is 6. The first kappa shape index (κ1) is 22.2. The summed E-state index contributed by atoms with van der Waals surface area (Å²) in [5.41, 5.74) is 0.965. The van der Waals surface area contributed by atoms with E-state index in [-0.39, 0.29) is 17.4 Å². The average molecular weight is 447 g/mol. The molecule has 0 amide bonds. The number of aromatic nitrogens is 3. The number of piperidine rings is 1. The fourth-order valence-electron chi connectivity index (χ4n) is 3.95. The summed E-state index contributed by atoms with van der Waals surface area (Å²) in [4.78, 5) is 22.2. The lowest BCUT2D eigenvalue weighted by atomic mass is 10.0. The van der Waals surface area contributed by atoms with Gasteiger partial charge in [0.05, 0.1) is 17.2 Å². The summed E-state index contributed by atoms with van der Waals surface area (Å²) in [7, 11) is 0. The van der Waals surface area contributed by atoms with Gasteiger partial charge in [-0.1, -0.05) is 6.07 Å². The summed E-state index contributed by atoms with van der Waals surface area (Å²) in [5, 5.41) is 13.1. The smallest absolute Gasteiger partial charge is 0.433 e. The summed E-state index contributed by atoms with van der Waals surface area (Å²) in [6.45, 7) is 3.37. The Labute approximate surface area is 182 Å². The normalized spacial score (nSPS) is 16.0. The van der Waals surface area contributed by atoms with E-state index in [2.05, 4.69) is 20.2 Å². The van der Waals surface area contributed by atoms with Gasteiger partial charge in [-0.25, -0.2) is 0 Å². The van der Waals surface area contributed by atoms with Crippen LogP contribution in [0.15, 0.2) is 47.5 Å². The summed E-state index contributed by atoms with van der Waals surface area (Å²) < 4.78 is 39.4. The number of hydrogen-bond donors (Lipinski definition) is 2. The highest BCUT2D eigenvalue weighted by atomic mass is 19.4. The Bertz CT molecular complexity index is 1120. The van der Waals surface area contributed by atoms with E-state index in [9.17, 15) is 23.1 Å². The molecule has 4 rings (SSSR count). The van der Waals surface area contributed by atoms with E-state index in [1.54, 1.807) is 16.7 Å². The highest BCUT2D eigenvalue weighted by Crippen LogP contribution is 2.27. The highest BCUT2D eigenvalue weighted by Gasteiger charge is 2.32. The van der Waals surface area contributed by atoms with Crippen molar-refractivity contribution in [1.82, 2.24) is 24.8 Å². The van der Waals surface area contributed by atoms with Crippen LogP contribution >= 0.6 is 0 Å². The summed E-state index contributed by atoms with van der Waals surface area (Å²) in [6, 6.07) is 7.41. The standard InChI is InChI=1S/C22H24F3N5O2/c23-22(24,25)20-3-1-15(13-28-20)12-26-16-5-7-29(8-6-16)9-10-30-19-11-17(31)14-27-18(19)2-4-21(30)32/h1-4,11,13-14,16,26,31H,5-10,12H2. The SMILES string of the molecule is O=c1ccc2ncc(O)cc2n1CCN1CCC(NCc2ccc(C(F)(F)F)nc2)CC1. The van der Waals surface area contributed by atoms with Gasteiger partial charge in [0.25, 0.3) is 5.56 Å². The lowest BCUT2D eigenvalue weighted by Crippen LogP contribution is -2.43. The van der Waals surface area contributed by atoms with E-state index in [0.717, 1.165) is 32.0 Å². The van der Waals surface area contributed by atoms with Crippen molar-refractivity contribution in [2.45, 2.75) is 38.1 Å². The molecule has 7 nitrogen and oxygen atoms in total. The number of alkyl halides is 3. The summed E-state index contributed by atoms with van der Waals surface area (Å²) in [5.74, 6) is 0.0204. The highest BCUT2D eigenvalue weighted by molar-refractivity contribution is 5.75. The molecule has 0 radical (unpaired) electrons. The first-order chi connectivity index (χ1) is 15.3. The van der Waals surface area contributed by atoms with Crippen LogP contribution in [0.1, 0.15) is 24.1 Å². The second-order valence-electron chi connectivity index (χ2n) is 7.97. The minimum Gasteiger partial charge on any atom is -0.506 e. The fourth-order valence-corrected chi connectivity index (χ4v) is 3.95. The van der Waals surface area contributed by atoms with Gasteiger partial charge in [-0.05, 0) is 43.6 Å². The molecule has 0 saturated carbocycles. The number of likely N-dealkylation sites (tertiary alicyclic amines) is 1. The van der Waals surface area contributed by atoms with Crippen molar-refractivity contribution >= 4 is 11.0 Å². The molecular weight excluding hydrogens is 423 g/mol. The van der Waals surface area contributed by atoms with Gasteiger partial charge < -0.3 is 19.9 Å². The average Bonchev–Trinajstić information content (AvgIpc) is 2.77. The van der Waals surface area contributed by atoms with E-state index >= 15 is 0 Å². The number of aromatic hydroxyl groups is 1. The van der Waals surface area contributed by atoms with Gasteiger partial charge in [0, 0.05) is 44.0 Å². The summed E-state index contributed by atoms with van der Waals surface area (Å²) >= 11 is 0. The Morgan fingerprint density at radius 3 is 2.53 bits per heavy atom. The molecule has 4 heterocycles. The Morgan fingerprint density at radius 1 is 1.06 bits per heavy atom. The topological polar surface area (TPSA) is 83.3 Å². The minimum atomic E-state index is -4.42. The molecule has 1 fully saturated rings. The largest absolute Gasteiger partial charge is 0.506 e. The van der Waals surface area contributed by atoms with Crippen LogP contribution in [-0.4, -0.2) is 50.2 Å². The molecule has 1 saturated heterocycles. The lowest BCUT2D eigenvalue weighted by Gasteiger charge is -2.32. The zero-order chi connectivity index (χ0) is 22.7. The third kappa shape index (κ3) is 5.25. The van der Waals surface area contributed by atoms with Crippen molar-refractivity contribution in [3.05, 3.63) is 64.3 Å². The number of halogens is 3. The van der Waals surface area contributed by atoms with Gasteiger partial charge in [0.15, 0.2) is 0 Å². The molecule has 0 aliphatic carbocycles. The van der Waals surface area contributed by atoms with Crippen molar-refractivity contribution in [3.8, 4) is 5.75 Å². The number of nitrogens with one attached hydrogen (secondary N) is 1. The molecule has 1 aliphatic rings. The molecule has 0 bridgehead atoms. The second kappa shape index (κ2) is 9.25. The maximum atomic E-state index is 12.6. The third-order valence-electron chi connectivity index (χ3n) is 5.76. The third-order valence-corrected chi connectivity index (χ3v) is 5.76. The van der Waals surface area contributed by atoms with Gasteiger partial charge in [-0.3, -0.25) is 14.8 Å². The number of rotatable bonds is 6. The predicted molar refractivity (Wildman–Crippen MR) is 113 cm³/mol. The number of fused-ring (bicyclic) bond motifs is 1. The number of nitrogens with zero attached hydrogens (tertiary/aromatic N) is 4. The molecule has 2 N–H and O–H groups in total. The molecule has 32 heavy (non-hydrogen) atoms. The molecule has 0 atom stereocenters. The second-order valence-corrected chi connectivity index (χ2v) is 7.97. The van der Waals surface area contributed by atoms with E-state index in [1.165, 1.54) is 24.5 Å². The van der Waals surface area contributed by atoms with E-state index in [1.807, 2.05) is 0 Å². The van der Waals surface area contributed by atoms with Gasteiger partial charge in [-0.2, -0.15) is 13.2 Å². The van der Waals surface area contributed by atoms with Crippen molar-refractivity contribution in [1.29, 1.82) is 0 Å². The van der Waals surface area contributed by atoms with Crippen LogP contribution in [0.3, 0.4) is 0 Å². The molecule has 1 aliphatic heterocycles. The maximum Gasteiger partial charge on any atom is 0.433 e. The van der Waals surface area contributed by atoms with Crippen molar-refractivity contribution in [2.75, 3.05) is 19.6 Å². The van der Waals surface area contributed by atoms with Crippen LogP contribution in [0.4, 0.5) is 13.2 Å². The Morgan fingerprint density at radius 2 is 1.84 bits per heavy atom. The van der Waals surface area contributed by atoms with E-state index < -0.39 is 11.9 Å². The van der Waals surface area contributed by atoms with Crippen molar-refractivity contribution in [3.63, 3.8) is 0 Å². The molecule has 0 spiro atoms. The lowest BCUT2D eigenvalue weighted by molar-refractivity contribution is -0.141. The summed E-state index contributed by atoms with van der Waals surface area (Å²) in [6.07, 6.45) is 0.00371. The maximum absolute atomic E-state index is 12.6. The minimum absolute atomic E-state index is 0.0204. The predicted octanol–water partition coefficient (Wildman–Crippen LogP) is 2.77. The molecule has 10 heteroatoms. The van der Waals surface area contributed by atoms with Gasteiger partial charge >= 0.3 is 6.18 Å². The fraction of sp³-hybridized carbons (Fsp3) is 0.409. The van der Waals surface area contributed by atoms with Crippen LogP contribution in [0.2, 0.25) is 0 Å². The van der Waals surface area contributed by atoms with Crippen LogP contribution in [0.25, 0.3) is 11.0 Å². The quantitative estimate of drug-likeness (QED) is 0.605. The first-order valence-electron chi connectivity index (χ1n) is 10.5. The monoisotopic (exact) mass is 447 g/mol. The van der Waals surface area contributed by atoms with Crippen LogP contribution in [0, 0.1) is 0 Å². The molecule has 3 aromatic heterocycles. The Hall–Kier alpha value is -2.98.